The van der Waals surface area contributed by atoms with Crippen molar-refractivity contribution in [3.8, 4) is 5.75 Å². The van der Waals surface area contributed by atoms with Crippen molar-refractivity contribution < 1.29 is 13.9 Å². The van der Waals surface area contributed by atoms with Gasteiger partial charge in [0, 0.05) is 38.8 Å². The van der Waals surface area contributed by atoms with Crippen LogP contribution < -0.4 is 10.1 Å². The summed E-state index contributed by atoms with van der Waals surface area (Å²) in [6.07, 6.45) is 5.61. The summed E-state index contributed by atoms with van der Waals surface area (Å²) in [4.78, 5) is 13.1. The number of carbonyl (C=O) groups is 1. The number of nitrogens with one attached hydrogen (secondary N) is 2. The van der Waals surface area contributed by atoms with Crippen LogP contribution in [0.5, 0.6) is 5.75 Å². The number of likely N-dealkylation sites (N-methyl/N-ethyl adjacent to an activating group) is 1. The fourth-order valence-corrected chi connectivity index (χ4v) is 4.29. The van der Waals surface area contributed by atoms with Crippen molar-refractivity contribution >= 4 is 28.0 Å². The van der Waals surface area contributed by atoms with Crippen molar-refractivity contribution in [3.05, 3.63) is 108 Å². The minimum absolute atomic E-state index is 0.0420. The molecule has 6 nitrogen and oxygen atoms in total. The van der Waals surface area contributed by atoms with E-state index in [1.54, 1.807) is 26.2 Å². The van der Waals surface area contributed by atoms with E-state index in [4.69, 9.17) is 4.74 Å². The van der Waals surface area contributed by atoms with E-state index >= 15 is 4.39 Å². The SMILES string of the molecule is CC/C(=C(/c1ccc(OCCNC/C=C/C(=O)N(C)C)cc1)c1ccc2[nH]ncc2c1F)c1ccccc1. The molecular weight excluding hydrogens is 479 g/mol. The van der Waals surface area contributed by atoms with Crippen molar-refractivity contribution in [2.24, 2.45) is 0 Å². The van der Waals surface area contributed by atoms with Gasteiger partial charge in [-0.3, -0.25) is 9.89 Å². The summed E-state index contributed by atoms with van der Waals surface area (Å²) in [5.41, 5.74) is 5.09. The first kappa shape index (κ1) is 26.8. The molecule has 0 spiro atoms. The Morgan fingerprint density at radius 2 is 1.82 bits per heavy atom. The number of hydrogen-bond acceptors (Lipinski definition) is 4. The van der Waals surface area contributed by atoms with Crippen LogP contribution in [0.4, 0.5) is 4.39 Å². The van der Waals surface area contributed by atoms with Crippen LogP contribution in [0.1, 0.15) is 30.0 Å². The highest BCUT2D eigenvalue weighted by atomic mass is 19.1. The monoisotopic (exact) mass is 512 g/mol. The van der Waals surface area contributed by atoms with Gasteiger partial charge in [-0.15, -0.1) is 0 Å². The molecule has 4 aromatic rings. The molecule has 0 atom stereocenters. The zero-order chi connectivity index (χ0) is 26.9. The zero-order valence-corrected chi connectivity index (χ0v) is 22.0. The predicted octanol–water partition coefficient (Wildman–Crippen LogP) is 5.68. The van der Waals surface area contributed by atoms with Crippen LogP contribution in [0.2, 0.25) is 0 Å². The van der Waals surface area contributed by atoms with E-state index in [0.717, 1.165) is 34.4 Å². The van der Waals surface area contributed by atoms with E-state index in [2.05, 4.69) is 34.6 Å². The number of carbonyl (C=O) groups excluding carboxylic acids is 1. The summed E-state index contributed by atoms with van der Waals surface area (Å²) in [6, 6.07) is 21.6. The van der Waals surface area contributed by atoms with Gasteiger partial charge in [0.2, 0.25) is 5.91 Å². The number of rotatable bonds is 11. The first-order valence-electron chi connectivity index (χ1n) is 12.7. The van der Waals surface area contributed by atoms with Gasteiger partial charge in [0.15, 0.2) is 0 Å². The minimum Gasteiger partial charge on any atom is -0.492 e. The number of aromatic amines is 1. The molecule has 2 N–H and O–H groups in total. The average molecular weight is 513 g/mol. The van der Waals surface area contributed by atoms with Crippen LogP contribution in [0.25, 0.3) is 22.0 Å². The van der Waals surface area contributed by atoms with Gasteiger partial charge in [-0.05, 0) is 53.0 Å². The lowest BCUT2D eigenvalue weighted by Gasteiger charge is -2.17. The van der Waals surface area contributed by atoms with E-state index < -0.39 is 0 Å². The number of fused-ring (bicyclic) bond motifs is 1. The smallest absolute Gasteiger partial charge is 0.245 e. The summed E-state index contributed by atoms with van der Waals surface area (Å²) in [7, 11) is 3.44. The first-order chi connectivity index (χ1) is 18.5. The Morgan fingerprint density at radius 3 is 2.53 bits per heavy atom. The topological polar surface area (TPSA) is 70.2 Å². The second kappa shape index (κ2) is 12.8. The van der Waals surface area contributed by atoms with Crippen LogP contribution in [0.3, 0.4) is 0 Å². The quantitative estimate of drug-likeness (QED) is 0.154. The van der Waals surface area contributed by atoms with Gasteiger partial charge in [0.25, 0.3) is 0 Å². The second-order valence-corrected chi connectivity index (χ2v) is 9.04. The first-order valence-corrected chi connectivity index (χ1v) is 12.7. The molecule has 4 rings (SSSR count). The van der Waals surface area contributed by atoms with E-state index in [9.17, 15) is 4.79 Å². The predicted molar refractivity (Wildman–Crippen MR) is 151 cm³/mol. The lowest BCUT2D eigenvalue weighted by atomic mass is 9.87. The van der Waals surface area contributed by atoms with E-state index in [1.807, 2.05) is 54.6 Å². The summed E-state index contributed by atoms with van der Waals surface area (Å²) in [6.45, 7) is 3.79. The number of aromatic nitrogens is 2. The third kappa shape index (κ3) is 6.36. The number of halogens is 1. The molecule has 0 bridgehead atoms. The summed E-state index contributed by atoms with van der Waals surface area (Å²) < 4.78 is 21.6. The maximum Gasteiger partial charge on any atom is 0.245 e. The lowest BCUT2D eigenvalue weighted by Crippen LogP contribution is -2.22. The largest absolute Gasteiger partial charge is 0.492 e. The van der Waals surface area contributed by atoms with E-state index in [1.165, 1.54) is 11.1 Å². The van der Waals surface area contributed by atoms with Gasteiger partial charge < -0.3 is 15.0 Å². The van der Waals surface area contributed by atoms with Crippen LogP contribution in [0, 0.1) is 5.82 Å². The molecule has 0 fully saturated rings. The molecule has 196 valence electrons. The average Bonchev–Trinajstić information content (AvgIpc) is 3.42. The van der Waals surface area contributed by atoms with Gasteiger partial charge >= 0.3 is 0 Å². The molecule has 38 heavy (non-hydrogen) atoms. The Labute approximate surface area is 222 Å². The van der Waals surface area contributed by atoms with E-state index in [0.29, 0.717) is 36.2 Å². The number of nitrogens with zero attached hydrogens (tertiary/aromatic N) is 2. The highest BCUT2D eigenvalue weighted by molar-refractivity contribution is 6.00. The molecule has 0 saturated carbocycles. The zero-order valence-electron chi connectivity index (χ0n) is 22.0. The number of hydrogen-bond donors (Lipinski definition) is 2. The normalized spacial score (nSPS) is 12.1. The van der Waals surface area contributed by atoms with Gasteiger partial charge in [-0.1, -0.05) is 55.5 Å². The molecule has 0 radical (unpaired) electrons. The Morgan fingerprint density at radius 1 is 1.05 bits per heavy atom. The molecule has 7 heteroatoms. The molecule has 0 aliphatic heterocycles. The molecule has 1 heterocycles. The van der Waals surface area contributed by atoms with Gasteiger partial charge in [-0.25, -0.2) is 4.39 Å². The minimum atomic E-state index is -0.291. The second-order valence-electron chi connectivity index (χ2n) is 9.04. The number of H-pyrrole nitrogens is 1. The summed E-state index contributed by atoms with van der Waals surface area (Å²) >= 11 is 0. The molecule has 0 saturated heterocycles. The summed E-state index contributed by atoms with van der Waals surface area (Å²) in [5, 5.41) is 10.5. The Bertz CT molecular complexity index is 1420. The molecule has 3 aromatic carbocycles. The van der Waals surface area contributed by atoms with Gasteiger partial charge in [0.1, 0.15) is 18.2 Å². The standard InChI is InChI=1S/C31H33FN4O2/c1-4-25(22-9-6-5-7-10-22)30(26-16-17-28-27(31(26)32)21-34-35-28)23-12-14-24(15-13-23)38-20-19-33-18-8-11-29(37)36(2)3/h5-17,21,33H,4,18-20H2,1-3H3,(H,34,35)/b11-8+,30-25+. The van der Waals surface area contributed by atoms with Crippen molar-refractivity contribution in [1.29, 1.82) is 0 Å². The van der Waals surface area contributed by atoms with Gasteiger partial charge in [0.05, 0.1) is 17.1 Å². The molecule has 1 amide bonds. The number of benzene rings is 3. The van der Waals surface area contributed by atoms with Crippen LogP contribution in [-0.2, 0) is 4.79 Å². The van der Waals surface area contributed by atoms with Gasteiger partial charge in [-0.2, -0.15) is 5.10 Å². The Hall–Kier alpha value is -4.23. The highest BCUT2D eigenvalue weighted by Crippen LogP contribution is 2.37. The van der Waals surface area contributed by atoms with Crippen molar-refractivity contribution in [2.45, 2.75) is 13.3 Å². The molecular formula is C31H33FN4O2. The third-order valence-corrected chi connectivity index (χ3v) is 6.26. The Balaban J connectivity index is 1.54. The number of allylic oxidation sites excluding steroid dienone is 1. The summed E-state index contributed by atoms with van der Waals surface area (Å²) in [5.74, 6) is 0.400. The van der Waals surface area contributed by atoms with Crippen LogP contribution in [-0.4, -0.2) is 54.8 Å². The molecule has 0 aliphatic carbocycles. The van der Waals surface area contributed by atoms with Crippen molar-refractivity contribution in [3.63, 3.8) is 0 Å². The number of ether oxygens (including phenoxy) is 1. The van der Waals surface area contributed by atoms with Crippen LogP contribution >= 0.6 is 0 Å². The highest BCUT2D eigenvalue weighted by Gasteiger charge is 2.19. The van der Waals surface area contributed by atoms with Crippen LogP contribution in [0.15, 0.2) is 85.1 Å². The molecule has 0 unspecified atom stereocenters. The van der Waals surface area contributed by atoms with E-state index in [-0.39, 0.29) is 11.7 Å². The maximum absolute atomic E-state index is 15.8. The number of amides is 1. The maximum atomic E-state index is 15.8. The van der Waals surface area contributed by atoms with Crippen molar-refractivity contribution in [2.75, 3.05) is 33.8 Å². The fraction of sp³-hybridized carbons (Fsp3) is 0.226. The lowest BCUT2D eigenvalue weighted by molar-refractivity contribution is -0.123. The molecule has 1 aromatic heterocycles. The third-order valence-electron chi connectivity index (χ3n) is 6.26. The fourth-order valence-electron chi connectivity index (χ4n) is 4.29. The molecule has 0 aliphatic rings. The Kier molecular flexibility index (Phi) is 9.06. The van der Waals surface area contributed by atoms with Crippen molar-refractivity contribution in [1.82, 2.24) is 20.4 Å².